The van der Waals surface area contributed by atoms with Crippen LogP contribution in [0.4, 0.5) is 0 Å². The summed E-state index contributed by atoms with van der Waals surface area (Å²) in [6.07, 6.45) is 0.699. The molecule has 21 heavy (non-hydrogen) atoms. The number of nitrogens with zero attached hydrogens (tertiary/aromatic N) is 1. The first-order valence-corrected chi connectivity index (χ1v) is 8.56. The largest absolute Gasteiger partial charge is 0.464 e. The van der Waals surface area contributed by atoms with Crippen molar-refractivity contribution >= 4 is 27.3 Å². The van der Waals surface area contributed by atoms with Crippen LogP contribution in [0.15, 0.2) is 9.72 Å². The summed E-state index contributed by atoms with van der Waals surface area (Å²) >= 11 is 0.817. The number of hydrogen-bond donors (Lipinski definition) is 2. The van der Waals surface area contributed by atoms with Gasteiger partial charge in [-0.15, -0.1) is 11.3 Å². The van der Waals surface area contributed by atoms with Crippen LogP contribution in [0, 0.1) is 0 Å². The van der Waals surface area contributed by atoms with Crippen LogP contribution in [0.5, 0.6) is 0 Å². The first kappa shape index (κ1) is 16.3. The summed E-state index contributed by atoms with van der Waals surface area (Å²) in [5.74, 6) is -0.818. The number of esters is 1. The summed E-state index contributed by atoms with van der Waals surface area (Å²) in [7, 11) is -2.79. The number of nitrogens with one attached hydrogen (secondary N) is 1. The van der Waals surface area contributed by atoms with Gasteiger partial charge in [0.1, 0.15) is 0 Å². The molecule has 8 nitrogen and oxygen atoms in total. The molecule has 1 aliphatic heterocycles. The highest BCUT2D eigenvalue weighted by Crippen LogP contribution is 2.23. The van der Waals surface area contributed by atoms with Gasteiger partial charge < -0.3 is 14.6 Å². The Morgan fingerprint density at radius 1 is 1.57 bits per heavy atom. The lowest BCUT2D eigenvalue weighted by atomic mass is 9.95. The number of carbonyl (C=O) groups is 1. The third-order valence-corrected chi connectivity index (χ3v) is 5.94. The van der Waals surface area contributed by atoms with Crippen LogP contribution in [0.1, 0.15) is 23.3 Å². The molecule has 0 saturated carbocycles. The lowest BCUT2D eigenvalue weighted by Crippen LogP contribution is -2.46. The van der Waals surface area contributed by atoms with Crippen molar-refractivity contribution in [1.29, 1.82) is 0 Å². The van der Waals surface area contributed by atoms with Gasteiger partial charge in [0.25, 0.3) is 10.0 Å². The Morgan fingerprint density at radius 3 is 2.86 bits per heavy atom. The second-order valence-corrected chi connectivity index (χ2v) is 7.46. The fourth-order valence-electron chi connectivity index (χ4n) is 1.88. The summed E-state index contributed by atoms with van der Waals surface area (Å²) in [4.78, 5) is 15.2. The van der Waals surface area contributed by atoms with Gasteiger partial charge in [0.05, 0.1) is 18.2 Å². The van der Waals surface area contributed by atoms with Crippen molar-refractivity contribution in [2.75, 3.05) is 26.9 Å². The molecule has 10 heteroatoms. The predicted octanol–water partition coefficient (Wildman–Crippen LogP) is -0.251. The fraction of sp³-hybridized carbons (Fsp3) is 0.636. The molecule has 0 atom stereocenters. The summed E-state index contributed by atoms with van der Waals surface area (Å²) in [5, 5.41) is 10.2. The Labute approximate surface area is 126 Å². The Balaban J connectivity index is 2.12. The lowest BCUT2D eigenvalue weighted by Gasteiger charge is -2.31. The van der Waals surface area contributed by atoms with Gasteiger partial charge >= 0.3 is 5.97 Å². The highest BCUT2D eigenvalue weighted by Gasteiger charge is 2.33. The standard InChI is InChI=1S/C11H16N2O6S2/c1-18-9(14)8-10(20-7-12-8)21(16,17)13-6-11(15)2-4-19-5-3-11/h7,13,15H,2-6H2,1H3. The molecule has 2 N–H and O–H groups in total. The summed E-state index contributed by atoms with van der Waals surface area (Å²) in [5.41, 5.74) is -0.139. The number of aromatic nitrogens is 1. The van der Waals surface area contributed by atoms with Crippen molar-refractivity contribution in [3.05, 3.63) is 11.2 Å². The quantitative estimate of drug-likeness (QED) is 0.712. The Kier molecular flexibility index (Phi) is 4.94. The second-order valence-electron chi connectivity index (χ2n) is 4.64. The van der Waals surface area contributed by atoms with Crippen LogP contribution in [0.3, 0.4) is 0 Å². The van der Waals surface area contributed by atoms with Gasteiger partial charge in [-0.25, -0.2) is 22.9 Å². The number of ether oxygens (including phenoxy) is 2. The van der Waals surface area contributed by atoms with E-state index in [-0.39, 0.29) is 16.4 Å². The summed E-state index contributed by atoms with van der Waals surface area (Å²) in [6.45, 7) is 0.621. The van der Waals surface area contributed by atoms with Gasteiger partial charge in [-0.2, -0.15) is 0 Å². The molecule has 0 amide bonds. The number of methoxy groups -OCH3 is 1. The smallest absolute Gasteiger partial charge is 0.358 e. The molecule has 0 bridgehead atoms. The Bertz CT molecular complexity index is 606. The predicted molar refractivity (Wildman–Crippen MR) is 73.6 cm³/mol. The number of carbonyl (C=O) groups excluding carboxylic acids is 1. The van der Waals surface area contributed by atoms with Crippen LogP contribution in [0.2, 0.25) is 0 Å². The number of hydrogen-bond acceptors (Lipinski definition) is 8. The maximum absolute atomic E-state index is 12.2. The normalized spacial score (nSPS) is 18.4. The van der Waals surface area contributed by atoms with E-state index in [0.29, 0.717) is 26.1 Å². The first-order chi connectivity index (χ1) is 9.88. The van der Waals surface area contributed by atoms with Gasteiger partial charge in [0, 0.05) is 32.6 Å². The van der Waals surface area contributed by atoms with Crippen LogP contribution < -0.4 is 4.72 Å². The van der Waals surface area contributed by atoms with Crippen molar-refractivity contribution in [1.82, 2.24) is 9.71 Å². The zero-order valence-electron chi connectivity index (χ0n) is 11.4. The zero-order chi connectivity index (χ0) is 15.5. The molecule has 1 aromatic rings. The van der Waals surface area contributed by atoms with Gasteiger partial charge in [-0.05, 0) is 0 Å². The molecule has 0 aliphatic carbocycles. The van der Waals surface area contributed by atoms with E-state index in [4.69, 9.17) is 4.74 Å². The van der Waals surface area contributed by atoms with Crippen LogP contribution in [0.25, 0.3) is 0 Å². The molecule has 2 rings (SSSR count). The van der Waals surface area contributed by atoms with E-state index in [1.54, 1.807) is 0 Å². The topological polar surface area (TPSA) is 115 Å². The lowest BCUT2D eigenvalue weighted by molar-refractivity contribution is -0.0588. The van der Waals surface area contributed by atoms with Gasteiger partial charge in [0.2, 0.25) is 0 Å². The monoisotopic (exact) mass is 336 g/mol. The number of thiazole rings is 1. The van der Waals surface area contributed by atoms with E-state index in [0.717, 1.165) is 18.4 Å². The Morgan fingerprint density at radius 2 is 2.24 bits per heavy atom. The van der Waals surface area contributed by atoms with Crippen molar-refractivity contribution in [2.45, 2.75) is 22.7 Å². The van der Waals surface area contributed by atoms with E-state index in [2.05, 4.69) is 14.4 Å². The average Bonchev–Trinajstić information content (AvgIpc) is 2.96. The van der Waals surface area contributed by atoms with E-state index in [1.165, 1.54) is 5.51 Å². The molecule has 2 heterocycles. The van der Waals surface area contributed by atoms with E-state index < -0.39 is 21.6 Å². The second kappa shape index (κ2) is 6.36. The van der Waals surface area contributed by atoms with E-state index in [9.17, 15) is 18.3 Å². The van der Waals surface area contributed by atoms with Gasteiger partial charge in [0.15, 0.2) is 9.90 Å². The third-order valence-electron chi connectivity index (χ3n) is 3.17. The molecule has 1 aromatic heterocycles. The van der Waals surface area contributed by atoms with Gasteiger partial charge in [-0.3, -0.25) is 0 Å². The average molecular weight is 336 g/mol. The Hall–Kier alpha value is -1.07. The van der Waals surface area contributed by atoms with Gasteiger partial charge in [-0.1, -0.05) is 0 Å². The van der Waals surface area contributed by atoms with E-state index in [1.807, 2.05) is 0 Å². The maximum atomic E-state index is 12.2. The molecule has 0 radical (unpaired) electrons. The summed E-state index contributed by atoms with van der Waals surface area (Å²) in [6, 6.07) is 0. The van der Waals surface area contributed by atoms with Crippen LogP contribution >= 0.6 is 11.3 Å². The molecule has 0 spiro atoms. The van der Waals surface area contributed by atoms with Crippen molar-refractivity contribution in [3.63, 3.8) is 0 Å². The molecule has 118 valence electrons. The highest BCUT2D eigenvalue weighted by atomic mass is 32.2. The molecule has 1 fully saturated rings. The minimum absolute atomic E-state index is 0.142. The van der Waals surface area contributed by atoms with Crippen LogP contribution in [-0.2, 0) is 19.5 Å². The molecule has 0 unspecified atom stereocenters. The molecular formula is C11H16N2O6S2. The molecule has 1 aliphatic rings. The van der Waals surface area contributed by atoms with Crippen molar-refractivity contribution in [2.24, 2.45) is 0 Å². The molecule has 1 saturated heterocycles. The number of rotatable bonds is 5. The number of aliphatic hydroxyl groups is 1. The maximum Gasteiger partial charge on any atom is 0.358 e. The van der Waals surface area contributed by atoms with Crippen molar-refractivity contribution in [3.8, 4) is 0 Å². The van der Waals surface area contributed by atoms with Crippen molar-refractivity contribution < 1.29 is 27.8 Å². The fourth-order valence-corrected chi connectivity index (χ4v) is 4.18. The molecular weight excluding hydrogens is 320 g/mol. The highest BCUT2D eigenvalue weighted by molar-refractivity contribution is 7.91. The zero-order valence-corrected chi connectivity index (χ0v) is 13.0. The summed E-state index contributed by atoms with van der Waals surface area (Å²) < 4.78 is 36.2. The number of sulfonamides is 1. The first-order valence-electron chi connectivity index (χ1n) is 6.19. The van der Waals surface area contributed by atoms with Crippen LogP contribution in [-0.4, -0.2) is 56.9 Å². The SMILES string of the molecule is COC(=O)c1ncsc1S(=O)(=O)NCC1(O)CCOCC1. The third kappa shape index (κ3) is 3.77. The van der Waals surface area contributed by atoms with E-state index >= 15 is 0 Å². The minimum Gasteiger partial charge on any atom is -0.464 e. The minimum atomic E-state index is -3.94. The molecule has 0 aromatic carbocycles.